The molecule has 0 aromatic carbocycles. The molecule has 0 spiro atoms. The van der Waals surface area contributed by atoms with Gasteiger partial charge in [-0.3, -0.25) is 14.4 Å². The van der Waals surface area contributed by atoms with Gasteiger partial charge in [0.05, 0.1) is 12.6 Å². The highest BCUT2D eigenvalue weighted by atomic mass is 16.4. The zero-order valence-corrected chi connectivity index (χ0v) is 13.8. The monoisotopic (exact) mass is 362 g/mol. The Morgan fingerprint density at radius 2 is 1.52 bits per heavy atom. The first-order valence-electron chi connectivity index (χ1n) is 7.84. The second-order valence-electron chi connectivity index (χ2n) is 5.47. The number of aliphatic carboxylic acids is 2. The number of carboxylic acid groups (broad SMARTS) is 2. The van der Waals surface area contributed by atoms with Crippen LogP contribution in [0.1, 0.15) is 32.1 Å². The molecule has 0 aromatic heterocycles. The molecule has 0 fully saturated rings. The van der Waals surface area contributed by atoms with Crippen LogP contribution in [0.3, 0.4) is 0 Å². The fourth-order valence-electron chi connectivity index (χ4n) is 1.91. The molecule has 0 aliphatic heterocycles. The van der Waals surface area contributed by atoms with Gasteiger partial charge in [0, 0.05) is 6.42 Å². The molecule has 0 aliphatic rings. The lowest BCUT2D eigenvalue weighted by atomic mass is 10.1. The van der Waals surface area contributed by atoms with Gasteiger partial charge in [0.25, 0.3) is 0 Å². The number of hydrogen-bond acceptors (Lipinski definition) is 7. The summed E-state index contributed by atoms with van der Waals surface area (Å²) in [5, 5.41) is 30.9. The fourth-order valence-corrected chi connectivity index (χ4v) is 1.91. The van der Waals surface area contributed by atoms with Crippen molar-refractivity contribution in [3.63, 3.8) is 0 Å². The highest BCUT2D eigenvalue weighted by molar-refractivity contribution is 5.91. The Balaban J connectivity index is 4.84. The number of aliphatic hydroxyl groups is 1. The summed E-state index contributed by atoms with van der Waals surface area (Å²) in [6.45, 7) is -0.419. The Hall–Kier alpha value is -2.24. The normalized spacial score (nSPS) is 14.2. The molecular weight excluding hydrogens is 336 g/mol. The summed E-state index contributed by atoms with van der Waals surface area (Å²) in [4.78, 5) is 45.5. The largest absolute Gasteiger partial charge is 0.481 e. The van der Waals surface area contributed by atoms with Crippen LogP contribution in [0.5, 0.6) is 0 Å². The predicted molar refractivity (Wildman–Crippen MR) is 86.3 cm³/mol. The van der Waals surface area contributed by atoms with Crippen molar-refractivity contribution >= 4 is 23.8 Å². The molecule has 0 aliphatic carbocycles. The molecule has 0 bridgehead atoms. The molecule has 3 atom stereocenters. The van der Waals surface area contributed by atoms with E-state index in [-0.39, 0.29) is 19.3 Å². The number of rotatable bonds is 13. The van der Waals surface area contributed by atoms with Gasteiger partial charge in [-0.05, 0) is 32.2 Å². The summed E-state index contributed by atoms with van der Waals surface area (Å²) in [6, 6.07) is -3.68. The molecule has 0 aromatic rings. The van der Waals surface area contributed by atoms with Gasteiger partial charge < -0.3 is 37.4 Å². The first-order chi connectivity index (χ1) is 11.7. The van der Waals surface area contributed by atoms with Crippen LogP contribution in [-0.4, -0.2) is 70.3 Å². The number of aliphatic hydroxyl groups excluding tert-OH is 1. The quantitative estimate of drug-likeness (QED) is 0.171. The molecule has 11 heteroatoms. The lowest BCUT2D eigenvalue weighted by molar-refractivity contribution is -0.143. The standard InChI is InChI=1S/C14H26N4O7/c15-6-2-1-3-9(13(23)18-10(7-19)14(24)25)17-12(22)8(16)4-5-11(20)21/h8-10,19H,1-7,15-16H2,(H,17,22)(H,18,23)(H,20,21)(H,24,25)/t8-,9-,10-/m0/s1. The van der Waals surface area contributed by atoms with E-state index in [1.807, 2.05) is 0 Å². The average molecular weight is 362 g/mol. The minimum absolute atomic E-state index is 0.104. The van der Waals surface area contributed by atoms with Gasteiger partial charge in [-0.1, -0.05) is 0 Å². The predicted octanol–water partition coefficient (Wildman–Crippen LogP) is -2.65. The van der Waals surface area contributed by atoms with Crippen LogP contribution in [0, 0.1) is 0 Å². The van der Waals surface area contributed by atoms with Crippen LogP contribution in [0.25, 0.3) is 0 Å². The van der Waals surface area contributed by atoms with Crippen LogP contribution in [0.2, 0.25) is 0 Å². The van der Waals surface area contributed by atoms with Crippen molar-refractivity contribution in [2.75, 3.05) is 13.2 Å². The Kier molecular flexibility index (Phi) is 11.1. The van der Waals surface area contributed by atoms with Crippen LogP contribution >= 0.6 is 0 Å². The van der Waals surface area contributed by atoms with Crippen molar-refractivity contribution in [1.29, 1.82) is 0 Å². The second-order valence-corrected chi connectivity index (χ2v) is 5.47. The van der Waals surface area contributed by atoms with E-state index < -0.39 is 48.5 Å². The number of nitrogens with one attached hydrogen (secondary N) is 2. The molecule has 0 heterocycles. The molecule has 144 valence electrons. The van der Waals surface area contributed by atoms with Crippen molar-refractivity contribution in [3.05, 3.63) is 0 Å². The number of unbranched alkanes of at least 4 members (excludes halogenated alkanes) is 1. The topological polar surface area (TPSA) is 205 Å². The first kappa shape index (κ1) is 22.8. The van der Waals surface area contributed by atoms with E-state index in [2.05, 4.69) is 10.6 Å². The summed E-state index contributed by atoms with van der Waals surface area (Å²) < 4.78 is 0. The zero-order valence-electron chi connectivity index (χ0n) is 13.8. The zero-order chi connectivity index (χ0) is 19.4. The molecule has 11 nitrogen and oxygen atoms in total. The highest BCUT2D eigenvalue weighted by Gasteiger charge is 2.27. The number of carbonyl (C=O) groups excluding carboxylic acids is 2. The van der Waals surface area contributed by atoms with Crippen molar-refractivity contribution in [1.82, 2.24) is 10.6 Å². The van der Waals surface area contributed by atoms with Crippen molar-refractivity contribution < 1.29 is 34.5 Å². The number of carboxylic acids is 2. The average Bonchev–Trinajstić information content (AvgIpc) is 2.55. The molecule has 0 rings (SSSR count). The van der Waals surface area contributed by atoms with Crippen molar-refractivity contribution in [2.24, 2.45) is 11.5 Å². The lowest BCUT2D eigenvalue weighted by Gasteiger charge is -2.22. The number of carbonyl (C=O) groups is 4. The van der Waals surface area contributed by atoms with Gasteiger partial charge in [0.1, 0.15) is 12.1 Å². The van der Waals surface area contributed by atoms with E-state index in [1.54, 1.807) is 0 Å². The number of nitrogens with two attached hydrogens (primary N) is 2. The molecule has 0 saturated carbocycles. The van der Waals surface area contributed by atoms with Gasteiger partial charge in [-0.25, -0.2) is 4.79 Å². The maximum absolute atomic E-state index is 12.2. The molecule has 0 radical (unpaired) electrons. The summed E-state index contributed by atoms with van der Waals surface area (Å²) in [7, 11) is 0. The third-order valence-corrected chi connectivity index (χ3v) is 3.38. The second kappa shape index (κ2) is 12.2. The maximum atomic E-state index is 12.2. The summed E-state index contributed by atoms with van der Waals surface area (Å²) in [5.41, 5.74) is 11.0. The molecule has 0 unspecified atom stereocenters. The summed E-state index contributed by atoms with van der Waals surface area (Å²) >= 11 is 0. The van der Waals surface area contributed by atoms with Crippen LogP contribution in [0.4, 0.5) is 0 Å². The Labute approximate surface area is 144 Å². The molecule has 25 heavy (non-hydrogen) atoms. The molecule has 0 saturated heterocycles. The van der Waals surface area contributed by atoms with Crippen LogP contribution in [0.15, 0.2) is 0 Å². The van der Waals surface area contributed by atoms with Gasteiger partial charge in [0.2, 0.25) is 11.8 Å². The van der Waals surface area contributed by atoms with Gasteiger partial charge in [-0.2, -0.15) is 0 Å². The van der Waals surface area contributed by atoms with Gasteiger partial charge in [-0.15, -0.1) is 0 Å². The van der Waals surface area contributed by atoms with Crippen molar-refractivity contribution in [3.8, 4) is 0 Å². The fraction of sp³-hybridized carbons (Fsp3) is 0.714. The van der Waals surface area contributed by atoms with E-state index in [0.29, 0.717) is 19.4 Å². The van der Waals surface area contributed by atoms with E-state index in [4.69, 9.17) is 26.8 Å². The van der Waals surface area contributed by atoms with E-state index in [0.717, 1.165) is 0 Å². The molecule has 2 amide bonds. The van der Waals surface area contributed by atoms with E-state index >= 15 is 0 Å². The maximum Gasteiger partial charge on any atom is 0.328 e. The third-order valence-electron chi connectivity index (χ3n) is 3.38. The molecule has 9 N–H and O–H groups in total. The Morgan fingerprint density at radius 3 is 2.00 bits per heavy atom. The van der Waals surface area contributed by atoms with E-state index in [9.17, 15) is 19.2 Å². The van der Waals surface area contributed by atoms with Gasteiger partial charge >= 0.3 is 11.9 Å². The van der Waals surface area contributed by atoms with E-state index in [1.165, 1.54) is 0 Å². The Morgan fingerprint density at radius 1 is 0.920 bits per heavy atom. The minimum atomic E-state index is -1.50. The highest BCUT2D eigenvalue weighted by Crippen LogP contribution is 2.04. The summed E-state index contributed by atoms with van der Waals surface area (Å²) in [6.07, 6.45) is 0.873. The summed E-state index contributed by atoms with van der Waals surface area (Å²) in [5.74, 6) is -4.02. The van der Waals surface area contributed by atoms with Crippen LogP contribution < -0.4 is 22.1 Å². The Bertz CT molecular complexity index is 472. The van der Waals surface area contributed by atoms with Crippen LogP contribution in [-0.2, 0) is 19.2 Å². The minimum Gasteiger partial charge on any atom is -0.481 e. The first-order valence-corrected chi connectivity index (χ1v) is 7.84. The smallest absolute Gasteiger partial charge is 0.328 e. The lowest BCUT2D eigenvalue weighted by Crippen LogP contribution is -2.55. The van der Waals surface area contributed by atoms with Gasteiger partial charge in [0.15, 0.2) is 0 Å². The third kappa shape index (κ3) is 9.59. The number of hydrogen-bond donors (Lipinski definition) is 7. The molecular formula is C14H26N4O7. The SMILES string of the molecule is NCCCC[C@H](NC(=O)[C@@H](N)CCC(=O)O)C(=O)N[C@@H](CO)C(=O)O. The number of amides is 2. The van der Waals surface area contributed by atoms with Crippen molar-refractivity contribution in [2.45, 2.75) is 50.2 Å².